The molecule has 2 amide bonds. The van der Waals surface area contributed by atoms with Gasteiger partial charge >= 0.3 is 13.2 Å². The minimum absolute atomic E-state index is 0.00165. The maximum Gasteiger partial charge on any atom is 0.494 e. The summed E-state index contributed by atoms with van der Waals surface area (Å²) in [7, 11) is 1.10. The Balaban J connectivity index is 1.44. The molecule has 8 nitrogen and oxygen atoms in total. The number of hydrogen-bond donors (Lipinski definition) is 0. The van der Waals surface area contributed by atoms with E-state index < -0.39 is 23.9 Å². The Kier molecular flexibility index (Phi) is 6.18. The molecule has 0 radical (unpaired) electrons. The Morgan fingerprint density at radius 2 is 1.65 bits per heavy atom. The second-order valence-electron chi connectivity index (χ2n) is 11.6. The molecule has 1 aromatic carbocycles. The number of ether oxygens (including phenoxy) is 2. The summed E-state index contributed by atoms with van der Waals surface area (Å²) in [4.78, 5) is 29.5. The first-order valence-corrected chi connectivity index (χ1v) is 12.0. The van der Waals surface area contributed by atoms with Gasteiger partial charge in [0, 0.05) is 18.7 Å². The van der Waals surface area contributed by atoms with Crippen LogP contribution in [0.15, 0.2) is 18.2 Å². The molecule has 2 bridgehead atoms. The lowest BCUT2D eigenvalue weighted by Crippen LogP contribution is -2.52. The van der Waals surface area contributed by atoms with E-state index in [4.69, 9.17) is 18.8 Å². The number of nitrogens with zero attached hydrogens (tertiary/aromatic N) is 2. The molecular formula is C25H37BN2O6. The number of carbonyl (C=O) groups is 2. The molecule has 3 fully saturated rings. The molecule has 0 spiro atoms. The van der Waals surface area contributed by atoms with Crippen LogP contribution in [0, 0.1) is 0 Å². The zero-order chi connectivity index (χ0) is 25.1. The Labute approximate surface area is 203 Å². The van der Waals surface area contributed by atoms with Gasteiger partial charge in [0.05, 0.1) is 36.8 Å². The number of amides is 2. The van der Waals surface area contributed by atoms with Crippen molar-refractivity contribution >= 4 is 24.6 Å². The molecule has 0 aromatic heterocycles. The van der Waals surface area contributed by atoms with Gasteiger partial charge in [-0.2, -0.15) is 0 Å². The predicted octanol–water partition coefficient (Wildman–Crippen LogP) is 2.76. The van der Waals surface area contributed by atoms with E-state index in [2.05, 4.69) is 0 Å². The summed E-state index contributed by atoms with van der Waals surface area (Å²) >= 11 is 0. The molecular weight excluding hydrogens is 435 g/mol. The van der Waals surface area contributed by atoms with Gasteiger partial charge in [-0.25, -0.2) is 4.79 Å². The van der Waals surface area contributed by atoms with Crippen molar-refractivity contribution in [1.82, 2.24) is 9.80 Å². The van der Waals surface area contributed by atoms with Gasteiger partial charge in [-0.05, 0) is 66.4 Å². The highest BCUT2D eigenvalue weighted by molar-refractivity contribution is 6.62. The lowest BCUT2D eigenvalue weighted by Gasteiger charge is -2.35. The number of fused-ring (bicyclic) bond motifs is 2. The Morgan fingerprint density at radius 1 is 1.06 bits per heavy atom. The van der Waals surface area contributed by atoms with Crippen molar-refractivity contribution < 1.29 is 28.4 Å². The van der Waals surface area contributed by atoms with E-state index in [1.165, 1.54) is 0 Å². The molecule has 34 heavy (non-hydrogen) atoms. The lowest BCUT2D eigenvalue weighted by atomic mass is 9.78. The SMILES string of the molecule is COc1ccc(B2OC(C)(C)C(C)(C)O2)cc1CC(=O)N1C[C@@H]2C[C@H]1CN2C(=O)OC(C)(C)C. The number of methoxy groups -OCH3 is 1. The van der Waals surface area contributed by atoms with Crippen LogP contribution in [0.2, 0.25) is 0 Å². The van der Waals surface area contributed by atoms with Crippen molar-refractivity contribution in [1.29, 1.82) is 0 Å². The van der Waals surface area contributed by atoms with Crippen LogP contribution in [0.25, 0.3) is 0 Å². The zero-order valence-corrected chi connectivity index (χ0v) is 21.6. The quantitative estimate of drug-likeness (QED) is 0.628. The summed E-state index contributed by atoms with van der Waals surface area (Å²) < 4.78 is 23.4. The summed E-state index contributed by atoms with van der Waals surface area (Å²) in [5, 5.41) is 0. The number of likely N-dealkylation sites (tertiary alicyclic amines) is 2. The molecule has 3 aliphatic rings. The first-order valence-electron chi connectivity index (χ1n) is 12.0. The average molecular weight is 472 g/mol. The van der Waals surface area contributed by atoms with Crippen LogP contribution in [0.3, 0.4) is 0 Å². The molecule has 0 unspecified atom stereocenters. The van der Waals surface area contributed by atoms with Gasteiger partial charge in [0.1, 0.15) is 11.4 Å². The van der Waals surface area contributed by atoms with Gasteiger partial charge in [-0.1, -0.05) is 12.1 Å². The minimum Gasteiger partial charge on any atom is -0.496 e. The standard InChI is InChI=1S/C25H37BN2O6/c1-23(2,3)32-22(30)28-15-18-13-19(28)14-27(18)21(29)12-16-11-17(9-10-20(16)31-8)26-33-24(4,5)25(6,7)34-26/h9-11,18-19H,12-15H2,1-8H3/t18-,19-/m0/s1. The van der Waals surface area contributed by atoms with Crippen LogP contribution in [0.5, 0.6) is 5.75 Å². The van der Waals surface area contributed by atoms with Crippen molar-refractivity contribution in [3.63, 3.8) is 0 Å². The third-order valence-electron chi connectivity index (χ3n) is 7.36. The van der Waals surface area contributed by atoms with Crippen LogP contribution in [-0.2, 0) is 25.3 Å². The molecule has 1 aromatic rings. The summed E-state index contributed by atoms with van der Waals surface area (Å²) in [5.74, 6) is 0.689. The summed E-state index contributed by atoms with van der Waals surface area (Å²) in [5.41, 5.74) is 0.241. The number of rotatable bonds is 4. The van der Waals surface area contributed by atoms with Crippen molar-refractivity contribution in [2.75, 3.05) is 20.2 Å². The molecule has 3 heterocycles. The molecule has 2 atom stereocenters. The first-order chi connectivity index (χ1) is 15.7. The Hall–Kier alpha value is -2.26. The predicted molar refractivity (Wildman–Crippen MR) is 129 cm³/mol. The molecule has 3 aliphatic heterocycles. The van der Waals surface area contributed by atoms with Gasteiger partial charge < -0.3 is 28.6 Å². The third kappa shape index (κ3) is 4.64. The van der Waals surface area contributed by atoms with E-state index in [1.807, 2.05) is 71.6 Å². The molecule has 186 valence electrons. The maximum atomic E-state index is 13.3. The largest absolute Gasteiger partial charge is 0.496 e. The average Bonchev–Trinajstić information content (AvgIpc) is 3.38. The van der Waals surface area contributed by atoms with E-state index in [0.29, 0.717) is 18.8 Å². The normalized spacial score (nSPS) is 25.1. The third-order valence-corrected chi connectivity index (χ3v) is 7.36. The van der Waals surface area contributed by atoms with Crippen molar-refractivity contribution in [3.05, 3.63) is 23.8 Å². The fourth-order valence-corrected chi connectivity index (χ4v) is 4.84. The van der Waals surface area contributed by atoms with Crippen LogP contribution in [0.1, 0.15) is 60.5 Å². The molecule has 3 saturated heterocycles. The van der Waals surface area contributed by atoms with Gasteiger partial charge in [0.25, 0.3) is 0 Å². The number of piperazine rings is 1. The summed E-state index contributed by atoms with van der Waals surface area (Å²) in [6.07, 6.45) is 0.700. The van der Waals surface area contributed by atoms with Crippen LogP contribution < -0.4 is 10.2 Å². The van der Waals surface area contributed by atoms with Crippen molar-refractivity contribution in [2.24, 2.45) is 0 Å². The zero-order valence-electron chi connectivity index (χ0n) is 21.6. The molecule has 0 saturated carbocycles. The van der Waals surface area contributed by atoms with E-state index in [0.717, 1.165) is 17.4 Å². The van der Waals surface area contributed by atoms with E-state index in [9.17, 15) is 9.59 Å². The summed E-state index contributed by atoms with van der Waals surface area (Å²) in [6, 6.07) is 5.75. The van der Waals surface area contributed by atoms with Crippen LogP contribution in [0.4, 0.5) is 4.79 Å². The Bertz CT molecular complexity index is 957. The van der Waals surface area contributed by atoms with Crippen LogP contribution in [-0.4, -0.2) is 78.0 Å². The van der Waals surface area contributed by atoms with Gasteiger partial charge in [0.2, 0.25) is 5.91 Å². The van der Waals surface area contributed by atoms with E-state index >= 15 is 0 Å². The topological polar surface area (TPSA) is 77.5 Å². The molecule has 0 N–H and O–H groups in total. The monoisotopic (exact) mass is 472 g/mol. The van der Waals surface area contributed by atoms with Crippen molar-refractivity contribution in [2.45, 2.75) is 90.2 Å². The van der Waals surface area contributed by atoms with Crippen LogP contribution >= 0.6 is 0 Å². The lowest BCUT2D eigenvalue weighted by molar-refractivity contribution is -0.132. The van der Waals surface area contributed by atoms with Crippen molar-refractivity contribution in [3.8, 4) is 5.75 Å². The second kappa shape index (κ2) is 8.45. The maximum absolute atomic E-state index is 13.3. The number of carbonyl (C=O) groups excluding carboxylic acids is 2. The smallest absolute Gasteiger partial charge is 0.494 e. The van der Waals surface area contributed by atoms with E-state index in [1.54, 1.807) is 12.0 Å². The van der Waals surface area contributed by atoms with E-state index in [-0.39, 0.29) is 30.5 Å². The second-order valence-corrected chi connectivity index (χ2v) is 11.6. The highest BCUT2D eigenvalue weighted by Crippen LogP contribution is 2.37. The van der Waals surface area contributed by atoms with Gasteiger partial charge in [-0.3, -0.25) is 4.79 Å². The molecule has 4 rings (SSSR count). The number of hydrogen-bond acceptors (Lipinski definition) is 6. The van der Waals surface area contributed by atoms with Gasteiger partial charge in [0.15, 0.2) is 0 Å². The fourth-order valence-electron chi connectivity index (χ4n) is 4.84. The summed E-state index contributed by atoms with van der Waals surface area (Å²) in [6.45, 7) is 14.7. The highest BCUT2D eigenvalue weighted by atomic mass is 16.7. The molecule has 9 heteroatoms. The Morgan fingerprint density at radius 3 is 2.18 bits per heavy atom. The fraction of sp³-hybridized carbons (Fsp3) is 0.680. The molecule has 0 aliphatic carbocycles. The number of benzene rings is 1. The highest BCUT2D eigenvalue weighted by Gasteiger charge is 2.52. The first kappa shape index (κ1) is 24.9. The van der Waals surface area contributed by atoms with Gasteiger partial charge in [-0.15, -0.1) is 0 Å². The minimum atomic E-state index is -0.535.